The highest BCUT2D eigenvalue weighted by Crippen LogP contribution is 2.50. The molecule has 2 heterocycles. The molecule has 0 radical (unpaired) electrons. The summed E-state index contributed by atoms with van der Waals surface area (Å²) in [5.74, 6) is 1.57. The number of hydrogen-bond acceptors (Lipinski definition) is 4. The Morgan fingerprint density at radius 3 is 2.94 bits per heavy atom. The number of rotatable bonds is 2. The summed E-state index contributed by atoms with van der Waals surface area (Å²) in [5.41, 5.74) is 8.71. The van der Waals surface area contributed by atoms with Gasteiger partial charge in [0.1, 0.15) is 0 Å². The van der Waals surface area contributed by atoms with Crippen molar-refractivity contribution < 1.29 is 4.52 Å². The van der Waals surface area contributed by atoms with Crippen LogP contribution in [0.15, 0.2) is 29.0 Å². The summed E-state index contributed by atoms with van der Waals surface area (Å²) in [6.45, 7) is 2.21. The molecule has 1 saturated carbocycles. The van der Waals surface area contributed by atoms with Gasteiger partial charge in [-0.05, 0) is 18.4 Å². The lowest BCUT2D eigenvalue weighted by Crippen LogP contribution is -1.90. The summed E-state index contributed by atoms with van der Waals surface area (Å²) >= 11 is 0. The maximum absolute atomic E-state index is 5.83. The molecule has 0 amide bonds. The van der Waals surface area contributed by atoms with Gasteiger partial charge in [-0.3, -0.25) is 4.98 Å². The number of hydrogen-bond donors (Lipinski definition) is 1. The minimum Gasteiger partial charge on any atom is -0.367 e. The van der Waals surface area contributed by atoms with Gasteiger partial charge in [0.25, 0.3) is 0 Å². The van der Waals surface area contributed by atoms with E-state index in [2.05, 4.69) is 17.1 Å². The van der Waals surface area contributed by atoms with Gasteiger partial charge >= 0.3 is 0 Å². The van der Waals surface area contributed by atoms with Crippen molar-refractivity contribution in [2.24, 2.45) is 5.92 Å². The molecule has 0 saturated heterocycles. The van der Waals surface area contributed by atoms with E-state index in [4.69, 9.17) is 10.3 Å². The molecule has 2 aromatic rings. The van der Waals surface area contributed by atoms with Crippen molar-refractivity contribution in [2.75, 3.05) is 5.73 Å². The number of nitrogens with two attached hydrogens (primary N) is 1. The predicted molar refractivity (Wildman–Crippen MR) is 60.7 cm³/mol. The number of aromatic nitrogens is 2. The maximum atomic E-state index is 5.83. The highest BCUT2D eigenvalue weighted by molar-refractivity contribution is 5.75. The third kappa shape index (κ3) is 1.38. The van der Waals surface area contributed by atoms with Crippen LogP contribution in [0.3, 0.4) is 0 Å². The van der Waals surface area contributed by atoms with Gasteiger partial charge in [-0.25, -0.2) is 0 Å². The molecule has 1 aliphatic rings. The van der Waals surface area contributed by atoms with Crippen molar-refractivity contribution in [3.05, 3.63) is 30.2 Å². The summed E-state index contributed by atoms with van der Waals surface area (Å²) in [6.07, 6.45) is 4.70. The number of pyridine rings is 1. The number of nitrogens with zero attached hydrogens (tertiary/aromatic N) is 2. The Morgan fingerprint density at radius 2 is 2.31 bits per heavy atom. The quantitative estimate of drug-likeness (QED) is 0.835. The first-order valence-corrected chi connectivity index (χ1v) is 5.43. The molecule has 3 rings (SSSR count). The smallest absolute Gasteiger partial charge is 0.230 e. The second kappa shape index (κ2) is 3.33. The number of anilines is 1. The maximum Gasteiger partial charge on any atom is 0.230 e. The van der Waals surface area contributed by atoms with Crippen LogP contribution in [0.5, 0.6) is 0 Å². The van der Waals surface area contributed by atoms with Crippen LogP contribution in [-0.4, -0.2) is 10.1 Å². The Balaban J connectivity index is 2.09. The molecule has 2 atom stereocenters. The fraction of sp³-hybridized carbons (Fsp3) is 0.333. The minimum absolute atomic E-state index is 0.391. The fourth-order valence-corrected chi connectivity index (χ4v) is 2.07. The monoisotopic (exact) mass is 215 g/mol. The van der Waals surface area contributed by atoms with Crippen LogP contribution in [0.25, 0.3) is 11.1 Å². The Kier molecular flexibility index (Phi) is 1.96. The molecule has 1 aliphatic carbocycles. The van der Waals surface area contributed by atoms with Crippen molar-refractivity contribution in [3.8, 4) is 11.1 Å². The molecule has 16 heavy (non-hydrogen) atoms. The predicted octanol–water partition coefficient (Wildman–Crippen LogP) is 2.44. The standard InChI is InChI=1S/C12H13N3O/c1-7-5-9(7)11-10(12(13)16-15-11)8-3-2-4-14-6-8/h2-4,6-7,9H,5,13H2,1H3. The summed E-state index contributed by atoms with van der Waals surface area (Å²) in [4.78, 5) is 4.10. The first-order chi connectivity index (χ1) is 7.77. The van der Waals surface area contributed by atoms with Crippen LogP contribution < -0.4 is 5.73 Å². The van der Waals surface area contributed by atoms with Gasteiger partial charge in [0, 0.05) is 23.9 Å². The molecular formula is C12H13N3O. The lowest BCUT2D eigenvalue weighted by atomic mass is 10.0. The molecular weight excluding hydrogens is 202 g/mol. The Morgan fingerprint density at radius 1 is 1.50 bits per heavy atom. The van der Waals surface area contributed by atoms with E-state index in [1.807, 2.05) is 12.1 Å². The van der Waals surface area contributed by atoms with Crippen molar-refractivity contribution in [1.82, 2.24) is 10.1 Å². The lowest BCUT2D eigenvalue weighted by molar-refractivity contribution is 0.427. The summed E-state index contributed by atoms with van der Waals surface area (Å²) in [7, 11) is 0. The van der Waals surface area contributed by atoms with Crippen LogP contribution >= 0.6 is 0 Å². The number of nitrogen functional groups attached to an aromatic ring is 1. The van der Waals surface area contributed by atoms with E-state index < -0.39 is 0 Å². The molecule has 0 bridgehead atoms. The second-order valence-electron chi connectivity index (χ2n) is 4.37. The van der Waals surface area contributed by atoms with Crippen LogP contribution in [0.4, 0.5) is 5.88 Å². The topological polar surface area (TPSA) is 64.9 Å². The van der Waals surface area contributed by atoms with E-state index in [1.165, 1.54) is 6.42 Å². The molecule has 0 spiro atoms. The molecule has 2 unspecified atom stereocenters. The van der Waals surface area contributed by atoms with Gasteiger partial charge < -0.3 is 10.3 Å². The highest BCUT2D eigenvalue weighted by Gasteiger charge is 2.39. The Bertz CT molecular complexity index is 506. The van der Waals surface area contributed by atoms with E-state index >= 15 is 0 Å². The van der Waals surface area contributed by atoms with E-state index in [-0.39, 0.29) is 0 Å². The second-order valence-corrected chi connectivity index (χ2v) is 4.37. The molecule has 4 nitrogen and oxygen atoms in total. The molecule has 1 fully saturated rings. The highest BCUT2D eigenvalue weighted by atomic mass is 16.5. The van der Waals surface area contributed by atoms with Gasteiger partial charge in [0.05, 0.1) is 11.3 Å². The van der Waals surface area contributed by atoms with E-state index in [0.29, 0.717) is 17.7 Å². The first kappa shape index (κ1) is 9.39. The zero-order valence-electron chi connectivity index (χ0n) is 9.05. The summed E-state index contributed by atoms with van der Waals surface area (Å²) < 4.78 is 5.10. The fourth-order valence-electron chi connectivity index (χ4n) is 2.07. The third-order valence-corrected chi connectivity index (χ3v) is 3.16. The first-order valence-electron chi connectivity index (χ1n) is 5.43. The van der Waals surface area contributed by atoms with Crippen molar-refractivity contribution >= 4 is 5.88 Å². The normalized spacial score (nSPS) is 23.3. The summed E-state index contributed by atoms with van der Waals surface area (Å²) in [5, 5.41) is 4.08. The molecule has 0 aromatic carbocycles. The van der Waals surface area contributed by atoms with Gasteiger partial charge in [-0.15, -0.1) is 0 Å². The SMILES string of the molecule is CC1CC1c1noc(N)c1-c1cccnc1. The van der Waals surface area contributed by atoms with Gasteiger partial charge in [-0.2, -0.15) is 0 Å². The van der Waals surface area contributed by atoms with Crippen LogP contribution in [-0.2, 0) is 0 Å². The molecule has 4 heteroatoms. The Hall–Kier alpha value is -1.84. The van der Waals surface area contributed by atoms with E-state index in [1.54, 1.807) is 12.4 Å². The molecule has 82 valence electrons. The third-order valence-electron chi connectivity index (χ3n) is 3.16. The van der Waals surface area contributed by atoms with Crippen molar-refractivity contribution in [3.63, 3.8) is 0 Å². The van der Waals surface area contributed by atoms with E-state index in [9.17, 15) is 0 Å². The average molecular weight is 215 g/mol. The Labute approximate surface area is 93.5 Å². The largest absolute Gasteiger partial charge is 0.367 e. The van der Waals surface area contributed by atoms with Gasteiger partial charge in [0.15, 0.2) is 0 Å². The zero-order valence-corrected chi connectivity index (χ0v) is 9.05. The van der Waals surface area contributed by atoms with E-state index in [0.717, 1.165) is 16.8 Å². The minimum atomic E-state index is 0.391. The van der Waals surface area contributed by atoms with Gasteiger partial charge in [-0.1, -0.05) is 18.1 Å². The van der Waals surface area contributed by atoms with Gasteiger partial charge in [0.2, 0.25) is 5.88 Å². The van der Waals surface area contributed by atoms with Crippen molar-refractivity contribution in [2.45, 2.75) is 19.3 Å². The molecule has 0 aliphatic heterocycles. The summed E-state index contributed by atoms with van der Waals surface area (Å²) in [6, 6.07) is 3.87. The average Bonchev–Trinajstić information content (AvgIpc) is 2.89. The van der Waals surface area contributed by atoms with Crippen LogP contribution in [0.1, 0.15) is 25.0 Å². The molecule has 2 aromatic heterocycles. The van der Waals surface area contributed by atoms with Crippen LogP contribution in [0.2, 0.25) is 0 Å². The zero-order chi connectivity index (χ0) is 11.1. The molecule has 2 N–H and O–H groups in total. The van der Waals surface area contributed by atoms with Crippen molar-refractivity contribution in [1.29, 1.82) is 0 Å². The van der Waals surface area contributed by atoms with Crippen LogP contribution in [0, 0.1) is 5.92 Å². The lowest BCUT2D eigenvalue weighted by Gasteiger charge is -2.00.